The predicted octanol–water partition coefficient (Wildman–Crippen LogP) is 3.28. The van der Waals surface area contributed by atoms with Gasteiger partial charge in [-0.05, 0) is 13.3 Å². The summed E-state index contributed by atoms with van der Waals surface area (Å²) in [6, 6.07) is 0. The van der Waals surface area contributed by atoms with Crippen LogP contribution in [-0.4, -0.2) is 5.78 Å². The number of rotatable bonds is 5. The Morgan fingerprint density at radius 3 is 2.64 bits per heavy atom. The van der Waals surface area contributed by atoms with Crippen LogP contribution in [0.5, 0.6) is 0 Å². The van der Waals surface area contributed by atoms with E-state index in [0.29, 0.717) is 11.5 Å². The zero-order valence-electron chi connectivity index (χ0n) is 7.19. The second-order valence-electron chi connectivity index (χ2n) is 2.67. The number of ketones is 1. The number of halogens is 1. The molecule has 0 aromatic rings. The molecule has 0 aromatic carbocycles. The van der Waals surface area contributed by atoms with Gasteiger partial charge in [0.1, 0.15) is 5.78 Å². The Morgan fingerprint density at radius 1 is 1.55 bits per heavy atom. The van der Waals surface area contributed by atoms with Crippen LogP contribution in [0.25, 0.3) is 0 Å². The van der Waals surface area contributed by atoms with Gasteiger partial charge in [0.2, 0.25) is 0 Å². The molecule has 11 heavy (non-hydrogen) atoms. The molecule has 0 fully saturated rings. The predicted molar refractivity (Wildman–Crippen MR) is 48.8 cm³/mol. The van der Waals surface area contributed by atoms with E-state index in [1.54, 1.807) is 6.92 Å². The number of unbranched alkanes of at least 4 members (excludes halogenated alkanes) is 2. The minimum absolute atomic E-state index is 0.128. The summed E-state index contributed by atoms with van der Waals surface area (Å²) >= 11 is 5.75. The third-order valence-electron chi connectivity index (χ3n) is 1.34. The molecule has 0 unspecified atom stereocenters. The number of carbonyl (C=O) groups excluding carboxylic acids is 1. The van der Waals surface area contributed by atoms with E-state index in [-0.39, 0.29) is 5.78 Å². The molecule has 0 aliphatic rings. The van der Waals surface area contributed by atoms with Crippen LogP contribution < -0.4 is 0 Å². The second kappa shape index (κ2) is 6.41. The molecule has 64 valence electrons. The zero-order valence-corrected chi connectivity index (χ0v) is 7.95. The van der Waals surface area contributed by atoms with Crippen molar-refractivity contribution in [2.45, 2.75) is 39.5 Å². The average molecular weight is 175 g/mol. The van der Waals surface area contributed by atoms with E-state index in [4.69, 9.17) is 11.6 Å². The van der Waals surface area contributed by atoms with Crippen molar-refractivity contribution in [3.8, 4) is 0 Å². The summed E-state index contributed by atoms with van der Waals surface area (Å²) in [5.74, 6) is 0.128. The van der Waals surface area contributed by atoms with E-state index in [9.17, 15) is 4.79 Å². The van der Waals surface area contributed by atoms with Gasteiger partial charge < -0.3 is 0 Å². The van der Waals surface area contributed by atoms with Gasteiger partial charge in [0.25, 0.3) is 0 Å². The molecule has 0 N–H and O–H groups in total. The quantitative estimate of drug-likeness (QED) is 0.585. The molecule has 0 aliphatic carbocycles. The molecule has 0 spiro atoms. The SMILES string of the molecule is CCCC/C=C(\Cl)CC(C)=O. The van der Waals surface area contributed by atoms with Crippen molar-refractivity contribution < 1.29 is 4.79 Å². The molecule has 0 aliphatic heterocycles. The standard InChI is InChI=1S/C9H15ClO/c1-3-4-5-6-9(10)7-8(2)11/h6H,3-5,7H2,1-2H3/b9-6-. The van der Waals surface area contributed by atoms with E-state index in [1.165, 1.54) is 6.42 Å². The number of hydrogen-bond acceptors (Lipinski definition) is 1. The maximum Gasteiger partial charge on any atom is 0.135 e. The summed E-state index contributed by atoms with van der Waals surface area (Å²) in [4.78, 5) is 10.6. The topological polar surface area (TPSA) is 17.1 Å². The molecular weight excluding hydrogens is 160 g/mol. The number of hydrogen-bond donors (Lipinski definition) is 0. The van der Waals surface area contributed by atoms with Gasteiger partial charge in [-0.1, -0.05) is 37.4 Å². The maximum atomic E-state index is 10.6. The van der Waals surface area contributed by atoms with Crippen molar-refractivity contribution >= 4 is 17.4 Å². The van der Waals surface area contributed by atoms with Crippen molar-refractivity contribution in [1.82, 2.24) is 0 Å². The molecule has 0 aromatic heterocycles. The van der Waals surface area contributed by atoms with Gasteiger partial charge in [0, 0.05) is 11.5 Å². The Balaban J connectivity index is 3.54. The Hall–Kier alpha value is -0.300. The highest BCUT2D eigenvalue weighted by atomic mass is 35.5. The van der Waals surface area contributed by atoms with E-state index in [2.05, 4.69) is 6.92 Å². The van der Waals surface area contributed by atoms with Crippen LogP contribution in [-0.2, 0) is 4.79 Å². The van der Waals surface area contributed by atoms with Gasteiger partial charge in [0.05, 0.1) is 0 Å². The fraction of sp³-hybridized carbons (Fsp3) is 0.667. The highest BCUT2D eigenvalue weighted by Gasteiger charge is 1.95. The Labute approximate surface area is 73.4 Å². The monoisotopic (exact) mass is 174 g/mol. The van der Waals surface area contributed by atoms with Crippen molar-refractivity contribution in [2.75, 3.05) is 0 Å². The van der Waals surface area contributed by atoms with Crippen LogP contribution >= 0.6 is 11.6 Å². The van der Waals surface area contributed by atoms with Crippen LogP contribution in [0.2, 0.25) is 0 Å². The summed E-state index contributed by atoms with van der Waals surface area (Å²) in [7, 11) is 0. The first-order chi connectivity index (χ1) is 5.16. The van der Waals surface area contributed by atoms with Crippen LogP contribution in [0.1, 0.15) is 39.5 Å². The molecule has 0 rings (SSSR count). The van der Waals surface area contributed by atoms with Crippen molar-refractivity contribution in [2.24, 2.45) is 0 Å². The molecule has 0 bridgehead atoms. The number of Topliss-reactive ketones (excluding diaryl/α,β-unsaturated/α-hetero) is 1. The van der Waals surface area contributed by atoms with Crippen molar-refractivity contribution in [3.63, 3.8) is 0 Å². The average Bonchev–Trinajstić information content (AvgIpc) is 1.86. The van der Waals surface area contributed by atoms with Crippen LogP contribution in [0.3, 0.4) is 0 Å². The summed E-state index contributed by atoms with van der Waals surface area (Å²) in [5.41, 5.74) is 0. The molecule has 0 atom stereocenters. The Morgan fingerprint density at radius 2 is 2.18 bits per heavy atom. The molecule has 1 nitrogen and oxygen atoms in total. The summed E-state index contributed by atoms with van der Waals surface area (Å²) in [6.07, 6.45) is 5.63. The van der Waals surface area contributed by atoms with Crippen LogP contribution in [0, 0.1) is 0 Å². The van der Waals surface area contributed by atoms with Crippen molar-refractivity contribution in [1.29, 1.82) is 0 Å². The van der Waals surface area contributed by atoms with Gasteiger partial charge in [-0.25, -0.2) is 0 Å². The van der Waals surface area contributed by atoms with E-state index >= 15 is 0 Å². The minimum atomic E-state index is 0.128. The smallest absolute Gasteiger partial charge is 0.135 e. The lowest BCUT2D eigenvalue weighted by Crippen LogP contribution is -1.88. The second-order valence-corrected chi connectivity index (χ2v) is 3.16. The van der Waals surface area contributed by atoms with E-state index < -0.39 is 0 Å². The zero-order chi connectivity index (χ0) is 8.69. The van der Waals surface area contributed by atoms with Gasteiger partial charge in [-0.15, -0.1) is 0 Å². The third kappa shape index (κ3) is 7.60. The van der Waals surface area contributed by atoms with Gasteiger partial charge in [-0.3, -0.25) is 4.79 Å². The minimum Gasteiger partial charge on any atom is -0.300 e. The molecule has 0 heterocycles. The largest absolute Gasteiger partial charge is 0.300 e. The fourth-order valence-corrected chi connectivity index (χ4v) is 1.07. The number of allylic oxidation sites excluding steroid dienone is 2. The first-order valence-corrected chi connectivity index (χ1v) is 4.38. The molecule has 0 saturated heterocycles. The Kier molecular flexibility index (Phi) is 6.24. The first kappa shape index (κ1) is 10.7. The molecular formula is C9H15ClO. The van der Waals surface area contributed by atoms with E-state index in [0.717, 1.165) is 12.8 Å². The van der Waals surface area contributed by atoms with Gasteiger partial charge >= 0.3 is 0 Å². The maximum absolute atomic E-state index is 10.6. The normalized spacial score (nSPS) is 11.7. The summed E-state index contributed by atoms with van der Waals surface area (Å²) in [6.45, 7) is 3.68. The summed E-state index contributed by atoms with van der Waals surface area (Å²) in [5, 5.41) is 0.686. The highest BCUT2D eigenvalue weighted by molar-refractivity contribution is 6.30. The Bertz CT molecular complexity index is 150. The highest BCUT2D eigenvalue weighted by Crippen LogP contribution is 2.10. The fourth-order valence-electron chi connectivity index (χ4n) is 0.773. The molecule has 0 radical (unpaired) electrons. The van der Waals surface area contributed by atoms with Crippen LogP contribution in [0.4, 0.5) is 0 Å². The molecule has 0 amide bonds. The number of carbonyl (C=O) groups is 1. The lowest BCUT2D eigenvalue weighted by atomic mass is 10.2. The molecule has 0 saturated carbocycles. The molecule has 2 heteroatoms. The lowest BCUT2D eigenvalue weighted by Gasteiger charge is -1.93. The van der Waals surface area contributed by atoms with Gasteiger partial charge in [0.15, 0.2) is 0 Å². The van der Waals surface area contributed by atoms with E-state index in [1.807, 2.05) is 6.08 Å². The first-order valence-electron chi connectivity index (χ1n) is 4.00. The van der Waals surface area contributed by atoms with Crippen molar-refractivity contribution in [3.05, 3.63) is 11.1 Å². The summed E-state index contributed by atoms with van der Waals surface area (Å²) < 4.78 is 0. The lowest BCUT2D eigenvalue weighted by molar-refractivity contribution is -0.116. The van der Waals surface area contributed by atoms with Gasteiger partial charge in [-0.2, -0.15) is 0 Å². The van der Waals surface area contributed by atoms with Crippen LogP contribution in [0.15, 0.2) is 11.1 Å². The third-order valence-corrected chi connectivity index (χ3v) is 1.63.